The van der Waals surface area contributed by atoms with Gasteiger partial charge in [0.05, 0.1) is 12.8 Å². The van der Waals surface area contributed by atoms with E-state index in [1.54, 1.807) is 24.3 Å². The Bertz CT molecular complexity index is 859. The molecule has 2 rings (SSSR count). The first-order valence-electron chi connectivity index (χ1n) is 9.35. The molecular weight excluding hydrogens is 372 g/mol. The molecule has 2 N–H and O–H groups in total. The zero-order chi connectivity index (χ0) is 21.2. The third kappa shape index (κ3) is 6.95. The fourth-order valence-corrected chi connectivity index (χ4v) is 2.76. The van der Waals surface area contributed by atoms with Crippen LogP contribution >= 0.6 is 0 Å². The molecule has 0 aliphatic rings. The summed E-state index contributed by atoms with van der Waals surface area (Å²) in [6.45, 7) is 3.43. The molecule has 0 spiro atoms. The van der Waals surface area contributed by atoms with Crippen LogP contribution in [0.1, 0.15) is 30.4 Å². The highest BCUT2D eigenvalue weighted by Crippen LogP contribution is 2.23. The van der Waals surface area contributed by atoms with Crippen molar-refractivity contribution in [3.8, 4) is 5.75 Å². The van der Waals surface area contributed by atoms with Gasteiger partial charge in [-0.2, -0.15) is 0 Å². The normalized spacial score (nSPS) is 10.2. The Balaban J connectivity index is 1.69. The lowest BCUT2D eigenvalue weighted by atomic mass is 10.1. The Labute approximate surface area is 170 Å². The van der Waals surface area contributed by atoms with Gasteiger partial charge in [-0.1, -0.05) is 30.3 Å². The molecule has 2 amide bonds. The first-order chi connectivity index (χ1) is 13.9. The maximum atomic E-state index is 12.0. The van der Waals surface area contributed by atoms with E-state index in [1.165, 1.54) is 7.11 Å². The van der Waals surface area contributed by atoms with Crippen molar-refractivity contribution in [2.75, 3.05) is 24.4 Å². The maximum Gasteiger partial charge on any atom is 0.306 e. The quantitative estimate of drug-likeness (QED) is 0.630. The SMILES string of the molecule is COc1ccccc1NC(=O)CCCC(=O)OCC(=O)Nc1c(C)cccc1C. The Morgan fingerprint density at radius 3 is 2.24 bits per heavy atom. The summed E-state index contributed by atoms with van der Waals surface area (Å²) in [5, 5.41) is 5.50. The number of anilines is 2. The predicted molar refractivity (Wildman–Crippen MR) is 111 cm³/mol. The van der Waals surface area contributed by atoms with E-state index in [0.717, 1.165) is 16.8 Å². The van der Waals surface area contributed by atoms with Crippen LogP contribution in [0.4, 0.5) is 11.4 Å². The van der Waals surface area contributed by atoms with Crippen LogP contribution in [0.25, 0.3) is 0 Å². The average molecular weight is 398 g/mol. The molecule has 2 aromatic rings. The van der Waals surface area contributed by atoms with Crippen LogP contribution < -0.4 is 15.4 Å². The molecule has 0 aliphatic carbocycles. The van der Waals surface area contributed by atoms with E-state index in [-0.39, 0.29) is 25.4 Å². The summed E-state index contributed by atoms with van der Waals surface area (Å²) in [5.74, 6) is -0.582. The zero-order valence-corrected chi connectivity index (χ0v) is 16.9. The van der Waals surface area contributed by atoms with Crippen molar-refractivity contribution in [2.24, 2.45) is 0 Å². The summed E-state index contributed by atoms with van der Waals surface area (Å²) in [7, 11) is 1.53. The van der Waals surface area contributed by atoms with E-state index in [2.05, 4.69) is 10.6 Å². The molecule has 7 heteroatoms. The fraction of sp³-hybridized carbons (Fsp3) is 0.318. The van der Waals surface area contributed by atoms with Crippen molar-refractivity contribution in [2.45, 2.75) is 33.1 Å². The number of methoxy groups -OCH3 is 1. The first-order valence-corrected chi connectivity index (χ1v) is 9.35. The predicted octanol–water partition coefficient (Wildman–Crippen LogP) is 3.60. The number of ether oxygens (including phenoxy) is 2. The van der Waals surface area contributed by atoms with Crippen molar-refractivity contribution in [1.29, 1.82) is 0 Å². The minimum absolute atomic E-state index is 0.0516. The minimum Gasteiger partial charge on any atom is -0.495 e. The van der Waals surface area contributed by atoms with Crippen LogP contribution in [0.5, 0.6) is 5.75 Å². The largest absolute Gasteiger partial charge is 0.495 e. The lowest BCUT2D eigenvalue weighted by Crippen LogP contribution is -2.22. The number of esters is 1. The minimum atomic E-state index is -0.522. The van der Waals surface area contributed by atoms with Gasteiger partial charge in [-0.3, -0.25) is 14.4 Å². The van der Waals surface area contributed by atoms with Gasteiger partial charge >= 0.3 is 5.97 Å². The Morgan fingerprint density at radius 1 is 0.862 bits per heavy atom. The molecule has 0 fully saturated rings. The van der Waals surface area contributed by atoms with E-state index in [4.69, 9.17) is 9.47 Å². The number of hydrogen-bond acceptors (Lipinski definition) is 5. The lowest BCUT2D eigenvalue weighted by Gasteiger charge is -2.11. The highest BCUT2D eigenvalue weighted by atomic mass is 16.5. The van der Waals surface area contributed by atoms with E-state index >= 15 is 0 Å². The summed E-state index contributed by atoms with van der Waals surface area (Å²) < 4.78 is 10.2. The summed E-state index contributed by atoms with van der Waals surface area (Å²) in [5.41, 5.74) is 3.17. The van der Waals surface area contributed by atoms with Crippen molar-refractivity contribution in [3.63, 3.8) is 0 Å². The van der Waals surface area contributed by atoms with E-state index < -0.39 is 11.9 Å². The number of para-hydroxylation sites is 3. The number of nitrogens with one attached hydrogen (secondary N) is 2. The van der Waals surface area contributed by atoms with E-state index in [0.29, 0.717) is 17.9 Å². The Hall–Kier alpha value is -3.35. The van der Waals surface area contributed by atoms with Gasteiger partial charge in [-0.05, 0) is 43.5 Å². The van der Waals surface area contributed by atoms with Crippen LogP contribution in [-0.4, -0.2) is 31.5 Å². The molecule has 0 unspecified atom stereocenters. The summed E-state index contributed by atoms with van der Waals surface area (Å²) >= 11 is 0. The van der Waals surface area contributed by atoms with Crippen molar-refractivity contribution in [3.05, 3.63) is 53.6 Å². The van der Waals surface area contributed by atoms with Crippen molar-refractivity contribution < 1.29 is 23.9 Å². The molecular formula is C22H26N2O5. The second-order valence-corrected chi connectivity index (χ2v) is 6.58. The molecule has 7 nitrogen and oxygen atoms in total. The zero-order valence-electron chi connectivity index (χ0n) is 16.9. The molecule has 29 heavy (non-hydrogen) atoms. The molecule has 0 heterocycles. The molecule has 0 atom stereocenters. The smallest absolute Gasteiger partial charge is 0.306 e. The Kier molecular flexibility index (Phi) is 8.21. The average Bonchev–Trinajstić information content (AvgIpc) is 2.69. The van der Waals surface area contributed by atoms with Crippen LogP contribution in [0.15, 0.2) is 42.5 Å². The molecule has 0 saturated carbocycles. The molecule has 0 radical (unpaired) electrons. The second kappa shape index (κ2) is 10.8. The third-order valence-electron chi connectivity index (χ3n) is 4.28. The van der Waals surface area contributed by atoms with Gasteiger partial charge < -0.3 is 20.1 Å². The van der Waals surface area contributed by atoms with Gasteiger partial charge in [-0.25, -0.2) is 0 Å². The van der Waals surface area contributed by atoms with E-state index in [1.807, 2.05) is 32.0 Å². The van der Waals surface area contributed by atoms with Gasteiger partial charge in [0.15, 0.2) is 6.61 Å². The van der Waals surface area contributed by atoms with Gasteiger partial charge in [0.1, 0.15) is 5.75 Å². The summed E-state index contributed by atoms with van der Waals surface area (Å²) in [4.78, 5) is 35.8. The molecule has 0 aliphatic heterocycles. The van der Waals surface area contributed by atoms with Crippen LogP contribution in [0.2, 0.25) is 0 Å². The maximum absolute atomic E-state index is 12.0. The highest BCUT2D eigenvalue weighted by Gasteiger charge is 2.12. The van der Waals surface area contributed by atoms with Crippen molar-refractivity contribution in [1.82, 2.24) is 0 Å². The van der Waals surface area contributed by atoms with Crippen LogP contribution in [0.3, 0.4) is 0 Å². The lowest BCUT2D eigenvalue weighted by molar-refractivity contribution is -0.147. The number of benzene rings is 2. The van der Waals surface area contributed by atoms with Crippen LogP contribution in [0, 0.1) is 13.8 Å². The second-order valence-electron chi connectivity index (χ2n) is 6.58. The Morgan fingerprint density at radius 2 is 1.55 bits per heavy atom. The number of amides is 2. The summed E-state index contributed by atoms with van der Waals surface area (Å²) in [6.07, 6.45) is 0.524. The van der Waals surface area contributed by atoms with Gasteiger partial charge in [0.25, 0.3) is 5.91 Å². The molecule has 2 aromatic carbocycles. The number of rotatable bonds is 9. The molecule has 154 valence electrons. The number of hydrogen-bond donors (Lipinski definition) is 2. The van der Waals surface area contributed by atoms with Gasteiger partial charge in [0, 0.05) is 18.5 Å². The number of carbonyl (C=O) groups is 3. The first kappa shape index (κ1) is 21.9. The van der Waals surface area contributed by atoms with E-state index in [9.17, 15) is 14.4 Å². The third-order valence-corrected chi connectivity index (χ3v) is 4.28. The van der Waals surface area contributed by atoms with Gasteiger partial charge in [0.2, 0.25) is 5.91 Å². The number of carbonyl (C=O) groups excluding carboxylic acids is 3. The number of aryl methyl sites for hydroxylation is 2. The monoisotopic (exact) mass is 398 g/mol. The molecule has 0 saturated heterocycles. The fourth-order valence-electron chi connectivity index (χ4n) is 2.76. The highest BCUT2D eigenvalue weighted by molar-refractivity contribution is 5.94. The summed E-state index contributed by atoms with van der Waals surface area (Å²) in [6, 6.07) is 12.8. The van der Waals surface area contributed by atoms with Gasteiger partial charge in [-0.15, -0.1) is 0 Å². The standard InChI is InChI=1S/C22H26N2O5/c1-15-8-6-9-16(2)22(15)24-20(26)14-29-21(27)13-7-12-19(25)23-17-10-4-5-11-18(17)28-3/h4-6,8-11H,7,12-14H2,1-3H3,(H,23,25)(H,24,26). The molecule has 0 bridgehead atoms. The van der Waals surface area contributed by atoms with Crippen molar-refractivity contribution >= 4 is 29.2 Å². The van der Waals surface area contributed by atoms with Crippen LogP contribution in [-0.2, 0) is 19.1 Å². The topological polar surface area (TPSA) is 93.7 Å². The molecule has 0 aromatic heterocycles.